The van der Waals surface area contributed by atoms with Gasteiger partial charge in [0.05, 0.1) is 6.61 Å². The Balaban J connectivity index is 0. The molecule has 0 aliphatic carbocycles. The summed E-state index contributed by atoms with van der Waals surface area (Å²) < 4.78 is 40.3. The Morgan fingerprint density at radius 3 is 1.80 bits per heavy atom. The van der Waals surface area contributed by atoms with Crippen molar-refractivity contribution in [2.75, 3.05) is 19.2 Å². The summed E-state index contributed by atoms with van der Waals surface area (Å²) in [7, 11) is -4.37. The summed E-state index contributed by atoms with van der Waals surface area (Å²) in [5, 5.41) is 0. The van der Waals surface area contributed by atoms with E-state index < -0.39 is 16.1 Å². The molecule has 0 heterocycles. The van der Waals surface area contributed by atoms with Gasteiger partial charge in [0.1, 0.15) is 22.7 Å². The van der Waals surface area contributed by atoms with Crippen LogP contribution >= 0.6 is 0 Å². The summed E-state index contributed by atoms with van der Waals surface area (Å²) in [5.41, 5.74) is 0. The van der Waals surface area contributed by atoms with E-state index >= 15 is 0 Å². The number of rotatable bonds is 17. The molecule has 0 amide bonds. The first-order chi connectivity index (χ1) is 11.5. The van der Waals surface area contributed by atoms with E-state index in [0.29, 0.717) is 6.42 Å². The maximum atomic E-state index is 11.4. The van der Waals surface area contributed by atoms with Crippen molar-refractivity contribution in [1.82, 2.24) is 0 Å². The van der Waals surface area contributed by atoms with Crippen LogP contribution in [0.1, 0.15) is 84.0 Å². The van der Waals surface area contributed by atoms with Crippen LogP contribution in [0.3, 0.4) is 0 Å². The Bertz CT molecular complexity index is 400. The van der Waals surface area contributed by atoms with Crippen molar-refractivity contribution in [3.8, 4) is 0 Å². The van der Waals surface area contributed by atoms with Gasteiger partial charge in [-0.2, -0.15) is 0 Å². The first kappa shape index (κ1) is 27.6. The third-order valence-electron chi connectivity index (χ3n) is 3.70. The molecule has 25 heavy (non-hydrogen) atoms. The summed E-state index contributed by atoms with van der Waals surface area (Å²) in [6.45, 7) is 2.13. The minimum atomic E-state index is -4.37. The maximum absolute atomic E-state index is 11.4. The van der Waals surface area contributed by atoms with Gasteiger partial charge in [-0.05, 0) is 6.42 Å². The van der Waals surface area contributed by atoms with E-state index in [1.807, 2.05) is 0 Å². The second-order valence-electron chi connectivity index (χ2n) is 6.09. The molecule has 0 aromatic rings. The second kappa shape index (κ2) is 19.1. The number of hydrogen-bond acceptors (Lipinski definition) is 6. The van der Waals surface area contributed by atoms with Crippen molar-refractivity contribution in [1.29, 1.82) is 0 Å². The second-order valence-corrected chi connectivity index (χ2v) is 7.44. The number of esters is 1. The summed E-state index contributed by atoms with van der Waals surface area (Å²) in [6.07, 6.45) is 13.8. The Morgan fingerprint density at radius 1 is 0.840 bits per heavy atom. The predicted molar refractivity (Wildman–Crippen MR) is 92.6 cm³/mol. The van der Waals surface area contributed by atoms with Crippen LogP contribution in [0.5, 0.6) is 0 Å². The fourth-order valence-corrected chi connectivity index (χ4v) is 2.70. The van der Waals surface area contributed by atoms with E-state index in [0.717, 1.165) is 19.3 Å². The number of carbonyl (C=O) groups excluding carboxylic acids is 1. The number of unbranched alkanes of at least 4 members (excludes halogenated alkanes) is 10. The molecule has 0 rings (SSSR count). The first-order valence-electron chi connectivity index (χ1n) is 9.12. The molecular weight excluding hydrogens is 355 g/mol. The van der Waals surface area contributed by atoms with Crippen molar-refractivity contribution in [3.05, 3.63) is 0 Å². The van der Waals surface area contributed by atoms with Gasteiger partial charge in [-0.15, -0.1) is 0 Å². The van der Waals surface area contributed by atoms with Crippen LogP contribution in [0, 0.1) is 0 Å². The van der Waals surface area contributed by atoms with E-state index in [9.17, 15) is 17.8 Å². The zero-order chi connectivity index (χ0) is 18.1. The zero-order valence-electron chi connectivity index (χ0n) is 16.0. The largest absolute Gasteiger partial charge is 1.00 e. The molecule has 0 aliphatic rings. The summed E-state index contributed by atoms with van der Waals surface area (Å²) >= 11 is 0. The summed E-state index contributed by atoms with van der Waals surface area (Å²) in [6, 6.07) is 0. The smallest absolute Gasteiger partial charge is 0.746 e. The third kappa shape index (κ3) is 24.3. The van der Waals surface area contributed by atoms with Crippen LogP contribution in [0.15, 0.2) is 0 Å². The molecule has 0 fully saturated rings. The van der Waals surface area contributed by atoms with E-state index in [2.05, 4.69) is 11.7 Å². The van der Waals surface area contributed by atoms with Crippen molar-refractivity contribution in [2.24, 2.45) is 0 Å². The Morgan fingerprint density at radius 2 is 1.32 bits per heavy atom. The molecule has 0 aromatic carbocycles. The minimum absolute atomic E-state index is 0. The average molecular weight is 389 g/mol. The SMILES string of the molecule is CCCCCCCCCCCCCC(=O)OCCOCS(=O)(=O)[O-].[Na+]. The van der Waals surface area contributed by atoms with Crippen LogP contribution in [0.4, 0.5) is 0 Å². The fraction of sp³-hybridized carbons (Fsp3) is 0.941. The third-order valence-corrected chi connectivity index (χ3v) is 4.16. The molecule has 0 spiro atoms. The van der Waals surface area contributed by atoms with Gasteiger partial charge in [-0.25, -0.2) is 8.42 Å². The number of ether oxygens (including phenoxy) is 2. The van der Waals surface area contributed by atoms with Gasteiger partial charge >= 0.3 is 35.5 Å². The van der Waals surface area contributed by atoms with Crippen LogP contribution in [0.2, 0.25) is 0 Å². The van der Waals surface area contributed by atoms with Crippen molar-refractivity contribution < 1.29 is 56.8 Å². The molecule has 144 valence electrons. The molecule has 0 aromatic heterocycles. The monoisotopic (exact) mass is 388 g/mol. The van der Waals surface area contributed by atoms with Gasteiger partial charge in [0, 0.05) is 6.42 Å². The van der Waals surface area contributed by atoms with Gasteiger partial charge < -0.3 is 14.0 Å². The van der Waals surface area contributed by atoms with Crippen LogP contribution < -0.4 is 29.6 Å². The molecule has 0 unspecified atom stereocenters. The van der Waals surface area contributed by atoms with E-state index in [1.165, 1.54) is 51.4 Å². The number of carbonyl (C=O) groups is 1. The van der Waals surface area contributed by atoms with Crippen molar-refractivity contribution in [3.63, 3.8) is 0 Å². The van der Waals surface area contributed by atoms with Gasteiger partial charge in [0.2, 0.25) is 0 Å². The molecule has 6 nitrogen and oxygen atoms in total. The molecule has 0 saturated heterocycles. The topological polar surface area (TPSA) is 92.7 Å². The molecular formula is C17H33NaO6S. The molecule has 0 radical (unpaired) electrons. The van der Waals surface area contributed by atoms with E-state index in [1.54, 1.807) is 0 Å². The van der Waals surface area contributed by atoms with Gasteiger partial charge in [0.25, 0.3) is 0 Å². The molecule has 8 heteroatoms. The Hall–Kier alpha value is 0.340. The van der Waals surface area contributed by atoms with Crippen LogP contribution in [0.25, 0.3) is 0 Å². The van der Waals surface area contributed by atoms with Crippen molar-refractivity contribution >= 4 is 16.1 Å². The summed E-state index contributed by atoms with van der Waals surface area (Å²) in [4.78, 5) is 11.4. The van der Waals surface area contributed by atoms with Crippen molar-refractivity contribution in [2.45, 2.75) is 84.0 Å². The van der Waals surface area contributed by atoms with Crippen LogP contribution in [-0.2, 0) is 24.4 Å². The predicted octanol–water partition coefficient (Wildman–Crippen LogP) is 0.754. The fourth-order valence-electron chi connectivity index (χ4n) is 2.38. The van der Waals surface area contributed by atoms with Crippen LogP contribution in [-0.4, -0.2) is 38.1 Å². The quantitative estimate of drug-likeness (QED) is 0.158. The zero-order valence-corrected chi connectivity index (χ0v) is 18.8. The molecule has 0 N–H and O–H groups in total. The molecule has 0 saturated carbocycles. The Kier molecular flexibility index (Phi) is 21.1. The average Bonchev–Trinajstić information content (AvgIpc) is 2.51. The molecule has 0 atom stereocenters. The summed E-state index contributed by atoms with van der Waals surface area (Å²) in [5.74, 6) is -1.19. The van der Waals surface area contributed by atoms with Gasteiger partial charge in [0.15, 0.2) is 0 Å². The van der Waals surface area contributed by atoms with E-state index in [4.69, 9.17) is 4.74 Å². The Labute approximate surface area is 175 Å². The van der Waals surface area contributed by atoms with Gasteiger partial charge in [-0.1, -0.05) is 71.1 Å². The maximum Gasteiger partial charge on any atom is 1.00 e. The minimum Gasteiger partial charge on any atom is -0.746 e. The van der Waals surface area contributed by atoms with Gasteiger partial charge in [-0.3, -0.25) is 4.79 Å². The standard InChI is InChI=1S/C17H34O6S.Na/c1-2-3-4-5-6-7-8-9-10-11-12-13-17(18)23-15-14-22-16-24(19,20)21;/h2-16H2,1H3,(H,19,20,21);/q;+1/p-1. The first-order valence-corrected chi connectivity index (χ1v) is 10.7. The molecule has 0 bridgehead atoms. The normalized spacial score (nSPS) is 11.1. The van der Waals surface area contributed by atoms with E-state index in [-0.39, 0.29) is 48.7 Å². The number of hydrogen-bond donors (Lipinski definition) is 0. The molecule has 0 aliphatic heterocycles.